The molecule has 1 saturated heterocycles. The van der Waals surface area contributed by atoms with E-state index < -0.39 is 0 Å². The van der Waals surface area contributed by atoms with E-state index in [9.17, 15) is 4.79 Å². The number of urea groups is 1. The van der Waals surface area contributed by atoms with E-state index in [0.29, 0.717) is 0 Å². The van der Waals surface area contributed by atoms with Crippen LogP contribution in [0.1, 0.15) is 30.5 Å². The van der Waals surface area contributed by atoms with Crippen LogP contribution in [0.15, 0.2) is 18.2 Å². The molecule has 0 bridgehead atoms. The molecule has 0 atom stereocenters. The zero-order valence-electron chi connectivity index (χ0n) is 14.4. The minimum Gasteiger partial charge on any atom is -0.325 e. The minimum absolute atomic E-state index is 0.191. The second-order valence-corrected chi connectivity index (χ2v) is 6.15. The fraction of sp³-hybridized carbons (Fsp3) is 0.611. The van der Waals surface area contributed by atoms with Gasteiger partial charge in [-0.3, -0.25) is 4.90 Å². The zero-order chi connectivity index (χ0) is 16.1. The second-order valence-electron chi connectivity index (χ2n) is 6.15. The standard InChI is InChI=1S/C18H29N3O/c1-5-20(6-2)18(22)21-11-9-19(10-12-21)14-17-13-15(3)7-8-16(17)4/h7-8,13H,5-6,9-12,14H2,1-4H3. The predicted molar refractivity (Wildman–Crippen MR) is 91.1 cm³/mol. The normalized spacial score (nSPS) is 15.9. The van der Waals surface area contributed by atoms with E-state index in [2.05, 4.69) is 36.9 Å². The van der Waals surface area contributed by atoms with Gasteiger partial charge in [0.25, 0.3) is 0 Å². The highest BCUT2D eigenvalue weighted by atomic mass is 16.2. The topological polar surface area (TPSA) is 26.8 Å². The zero-order valence-corrected chi connectivity index (χ0v) is 14.4. The molecule has 1 aliphatic rings. The van der Waals surface area contributed by atoms with E-state index in [1.807, 2.05) is 23.6 Å². The SMILES string of the molecule is CCN(CC)C(=O)N1CCN(Cc2cc(C)ccc2C)CC1. The molecular formula is C18H29N3O. The Kier molecular flexibility index (Phi) is 5.83. The van der Waals surface area contributed by atoms with E-state index in [1.165, 1.54) is 16.7 Å². The fourth-order valence-electron chi connectivity index (χ4n) is 3.00. The van der Waals surface area contributed by atoms with Crippen molar-refractivity contribution in [2.45, 2.75) is 34.2 Å². The highest BCUT2D eigenvalue weighted by Crippen LogP contribution is 2.15. The highest BCUT2D eigenvalue weighted by molar-refractivity contribution is 5.74. The van der Waals surface area contributed by atoms with Gasteiger partial charge in [0.1, 0.15) is 0 Å². The molecule has 122 valence electrons. The maximum atomic E-state index is 12.4. The van der Waals surface area contributed by atoms with Crippen molar-refractivity contribution in [1.29, 1.82) is 0 Å². The van der Waals surface area contributed by atoms with Gasteiger partial charge in [0.15, 0.2) is 0 Å². The minimum atomic E-state index is 0.191. The van der Waals surface area contributed by atoms with Gasteiger partial charge < -0.3 is 9.80 Å². The molecule has 4 heteroatoms. The number of carbonyl (C=O) groups is 1. The molecule has 0 aromatic heterocycles. The van der Waals surface area contributed by atoms with E-state index in [4.69, 9.17) is 0 Å². The van der Waals surface area contributed by atoms with Crippen LogP contribution in [0.4, 0.5) is 4.79 Å². The number of nitrogens with zero attached hydrogens (tertiary/aromatic N) is 3. The number of carbonyl (C=O) groups excluding carboxylic acids is 1. The first kappa shape index (κ1) is 16.8. The van der Waals surface area contributed by atoms with Crippen molar-refractivity contribution in [3.05, 3.63) is 34.9 Å². The van der Waals surface area contributed by atoms with Crippen molar-refractivity contribution < 1.29 is 4.79 Å². The Morgan fingerprint density at radius 2 is 1.73 bits per heavy atom. The molecule has 0 spiro atoms. The van der Waals surface area contributed by atoms with Crippen LogP contribution in [-0.4, -0.2) is 60.0 Å². The van der Waals surface area contributed by atoms with E-state index in [0.717, 1.165) is 45.8 Å². The van der Waals surface area contributed by atoms with Gasteiger partial charge in [-0.15, -0.1) is 0 Å². The summed E-state index contributed by atoms with van der Waals surface area (Å²) in [6.07, 6.45) is 0. The molecule has 0 unspecified atom stereocenters. The van der Waals surface area contributed by atoms with Gasteiger partial charge in [0, 0.05) is 45.8 Å². The summed E-state index contributed by atoms with van der Waals surface area (Å²) in [7, 11) is 0. The summed E-state index contributed by atoms with van der Waals surface area (Å²) in [4.78, 5) is 18.7. The van der Waals surface area contributed by atoms with Crippen molar-refractivity contribution in [2.24, 2.45) is 0 Å². The first-order chi connectivity index (χ1) is 10.5. The summed E-state index contributed by atoms with van der Waals surface area (Å²) in [5, 5.41) is 0. The first-order valence-corrected chi connectivity index (χ1v) is 8.37. The van der Waals surface area contributed by atoms with Gasteiger partial charge in [-0.25, -0.2) is 4.79 Å². The Morgan fingerprint density at radius 3 is 2.32 bits per heavy atom. The third-order valence-electron chi connectivity index (χ3n) is 4.58. The number of benzene rings is 1. The second kappa shape index (κ2) is 7.63. The Bertz CT molecular complexity index is 503. The number of hydrogen-bond acceptors (Lipinski definition) is 2. The van der Waals surface area contributed by atoms with Gasteiger partial charge in [0.05, 0.1) is 0 Å². The monoisotopic (exact) mass is 303 g/mol. The molecule has 0 N–H and O–H groups in total. The quantitative estimate of drug-likeness (QED) is 0.855. The lowest BCUT2D eigenvalue weighted by atomic mass is 10.0. The van der Waals surface area contributed by atoms with Gasteiger partial charge in [-0.05, 0) is 38.8 Å². The molecule has 1 fully saturated rings. The molecule has 0 aliphatic carbocycles. The van der Waals surface area contributed by atoms with Crippen LogP contribution >= 0.6 is 0 Å². The number of aryl methyl sites for hydroxylation is 2. The average Bonchev–Trinajstić information content (AvgIpc) is 2.53. The van der Waals surface area contributed by atoms with Crippen molar-refractivity contribution in [2.75, 3.05) is 39.3 Å². The Balaban J connectivity index is 1.89. The Morgan fingerprint density at radius 1 is 1.09 bits per heavy atom. The van der Waals surface area contributed by atoms with Crippen LogP contribution < -0.4 is 0 Å². The molecule has 4 nitrogen and oxygen atoms in total. The molecule has 2 amide bonds. The van der Waals surface area contributed by atoms with Crippen LogP contribution in [-0.2, 0) is 6.54 Å². The lowest BCUT2D eigenvalue weighted by Crippen LogP contribution is -2.52. The fourth-order valence-corrected chi connectivity index (χ4v) is 3.00. The molecule has 1 aromatic rings. The van der Waals surface area contributed by atoms with Crippen molar-refractivity contribution in [3.63, 3.8) is 0 Å². The van der Waals surface area contributed by atoms with Crippen molar-refractivity contribution in [1.82, 2.24) is 14.7 Å². The average molecular weight is 303 g/mol. The van der Waals surface area contributed by atoms with E-state index in [1.54, 1.807) is 0 Å². The van der Waals surface area contributed by atoms with Gasteiger partial charge in [-0.2, -0.15) is 0 Å². The predicted octanol–water partition coefficient (Wildman–Crippen LogP) is 2.88. The first-order valence-electron chi connectivity index (χ1n) is 8.37. The molecule has 1 aliphatic heterocycles. The van der Waals surface area contributed by atoms with Crippen molar-refractivity contribution >= 4 is 6.03 Å². The van der Waals surface area contributed by atoms with Gasteiger partial charge in [0.2, 0.25) is 0 Å². The number of rotatable bonds is 4. The summed E-state index contributed by atoms with van der Waals surface area (Å²) < 4.78 is 0. The summed E-state index contributed by atoms with van der Waals surface area (Å²) in [6.45, 7) is 14.5. The molecule has 1 aromatic carbocycles. The Labute approximate surface area is 134 Å². The number of piperazine rings is 1. The van der Waals surface area contributed by atoms with Crippen LogP contribution in [0.2, 0.25) is 0 Å². The third kappa shape index (κ3) is 4.01. The number of hydrogen-bond donors (Lipinski definition) is 0. The van der Waals surface area contributed by atoms with Crippen LogP contribution in [0, 0.1) is 13.8 Å². The summed E-state index contributed by atoms with van der Waals surface area (Å²) >= 11 is 0. The van der Waals surface area contributed by atoms with Gasteiger partial charge in [-0.1, -0.05) is 23.8 Å². The maximum absolute atomic E-state index is 12.4. The lowest BCUT2D eigenvalue weighted by molar-refractivity contribution is 0.112. The lowest BCUT2D eigenvalue weighted by Gasteiger charge is -2.37. The molecule has 2 rings (SSSR count). The van der Waals surface area contributed by atoms with Crippen molar-refractivity contribution in [3.8, 4) is 0 Å². The smallest absolute Gasteiger partial charge is 0.320 e. The molecule has 0 radical (unpaired) electrons. The van der Waals surface area contributed by atoms with Gasteiger partial charge >= 0.3 is 6.03 Å². The van der Waals surface area contributed by atoms with Crippen LogP contribution in [0.3, 0.4) is 0 Å². The summed E-state index contributed by atoms with van der Waals surface area (Å²) in [6, 6.07) is 6.84. The van der Waals surface area contributed by atoms with E-state index in [-0.39, 0.29) is 6.03 Å². The third-order valence-corrected chi connectivity index (χ3v) is 4.58. The largest absolute Gasteiger partial charge is 0.325 e. The molecule has 0 saturated carbocycles. The van der Waals surface area contributed by atoms with Crippen LogP contribution in [0.5, 0.6) is 0 Å². The maximum Gasteiger partial charge on any atom is 0.320 e. The summed E-state index contributed by atoms with van der Waals surface area (Å²) in [5.41, 5.74) is 4.08. The molecule has 1 heterocycles. The van der Waals surface area contributed by atoms with Crippen LogP contribution in [0.25, 0.3) is 0 Å². The molecule has 22 heavy (non-hydrogen) atoms. The highest BCUT2D eigenvalue weighted by Gasteiger charge is 2.23. The summed E-state index contributed by atoms with van der Waals surface area (Å²) in [5.74, 6) is 0. The Hall–Kier alpha value is -1.55. The molecular weight excluding hydrogens is 274 g/mol. The number of amides is 2. The van der Waals surface area contributed by atoms with E-state index >= 15 is 0 Å².